The van der Waals surface area contributed by atoms with Gasteiger partial charge in [0.1, 0.15) is 13.3 Å². The van der Waals surface area contributed by atoms with Crippen molar-refractivity contribution in [3.05, 3.63) is 76.2 Å². The summed E-state index contributed by atoms with van der Waals surface area (Å²) in [6.45, 7) is 1.66. The second kappa shape index (κ2) is 9.74. The van der Waals surface area contributed by atoms with Crippen LogP contribution in [0.1, 0.15) is 11.1 Å². The molecule has 0 aliphatic rings. The van der Waals surface area contributed by atoms with Crippen LogP contribution in [0.15, 0.2) is 59.5 Å². The Morgan fingerprint density at radius 2 is 1.73 bits per heavy atom. The second-order valence-corrected chi connectivity index (χ2v) is 10.6. The standard InChI is InChI=1S/C14H17N4OP3/c15-17-18-21-22(20)19-14-8-6-13(7-9-14)11-16-10-12-4-2-1-3-5-12/h1-9,16,21H,10-11,20H2. The predicted octanol–water partition coefficient (Wildman–Crippen LogP) is 5.36. The molecule has 8 heteroatoms. The number of hydrogen-bond acceptors (Lipinski definition) is 3. The van der Waals surface area contributed by atoms with Gasteiger partial charge in [0.15, 0.2) is 0 Å². The SMILES string of the molecule is [N-]=[N+]=NPP(P)Oc1ccc(CNCc2ccccc2)cc1. The molecule has 0 spiro atoms. The summed E-state index contributed by atoms with van der Waals surface area (Å²) in [6, 6.07) is 18.3. The zero-order valence-electron chi connectivity index (χ0n) is 11.9. The van der Waals surface area contributed by atoms with Gasteiger partial charge in [-0.3, -0.25) is 0 Å². The van der Waals surface area contributed by atoms with Gasteiger partial charge in [-0.25, -0.2) is 0 Å². The molecule has 0 saturated heterocycles. The highest BCUT2D eigenvalue weighted by Gasteiger charge is 2.03. The quantitative estimate of drug-likeness (QED) is 0.301. The second-order valence-electron chi connectivity index (χ2n) is 4.44. The van der Waals surface area contributed by atoms with Gasteiger partial charge < -0.3 is 9.84 Å². The van der Waals surface area contributed by atoms with Gasteiger partial charge in [-0.2, -0.15) is 0 Å². The number of hydrogen-bond donors (Lipinski definition) is 1. The van der Waals surface area contributed by atoms with E-state index in [1.165, 1.54) is 11.1 Å². The molecule has 1 N–H and O–H groups in total. The Kier molecular flexibility index (Phi) is 7.60. The summed E-state index contributed by atoms with van der Waals surface area (Å²) in [5, 5.41) is 3.41. The van der Waals surface area contributed by atoms with Crippen molar-refractivity contribution < 1.29 is 4.52 Å². The molecule has 2 rings (SSSR count). The molecule has 0 aromatic heterocycles. The lowest BCUT2D eigenvalue weighted by Gasteiger charge is -2.11. The summed E-state index contributed by atoms with van der Waals surface area (Å²) in [6.07, 6.45) is 0. The summed E-state index contributed by atoms with van der Waals surface area (Å²) in [5.41, 5.74) is 10.8. The first-order chi connectivity index (χ1) is 10.8. The van der Waals surface area contributed by atoms with Crippen LogP contribution in [0.2, 0.25) is 0 Å². The highest BCUT2D eigenvalue weighted by atomic mass is 32.4. The third-order valence-electron chi connectivity index (χ3n) is 2.82. The van der Waals surface area contributed by atoms with Gasteiger partial charge >= 0.3 is 0 Å². The molecule has 5 nitrogen and oxygen atoms in total. The Labute approximate surface area is 135 Å². The van der Waals surface area contributed by atoms with Crippen molar-refractivity contribution in [1.82, 2.24) is 5.32 Å². The van der Waals surface area contributed by atoms with E-state index < -0.39 is 7.53 Å². The maximum absolute atomic E-state index is 8.29. The van der Waals surface area contributed by atoms with Crippen LogP contribution < -0.4 is 9.84 Å². The molecule has 0 saturated carbocycles. The first kappa shape index (κ1) is 17.2. The minimum Gasteiger partial charge on any atom is -0.466 e. The van der Waals surface area contributed by atoms with Gasteiger partial charge in [0.05, 0.1) is 0 Å². The van der Waals surface area contributed by atoms with E-state index in [4.69, 9.17) is 10.1 Å². The molecule has 3 atom stereocenters. The van der Waals surface area contributed by atoms with Gasteiger partial charge in [0.25, 0.3) is 0 Å². The van der Waals surface area contributed by atoms with E-state index >= 15 is 0 Å². The van der Waals surface area contributed by atoms with Crippen molar-refractivity contribution in [2.45, 2.75) is 13.1 Å². The largest absolute Gasteiger partial charge is 0.466 e. The normalized spacial score (nSPS) is 12.0. The summed E-state index contributed by atoms with van der Waals surface area (Å²) in [4.78, 5) is 6.28. The summed E-state index contributed by atoms with van der Waals surface area (Å²) in [7, 11) is 1.90. The smallest absolute Gasteiger partial charge is 0.130 e. The molecule has 0 aliphatic heterocycles. The van der Waals surface area contributed by atoms with Crippen molar-refractivity contribution in [2.75, 3.05) is 0 Å². The molecule has 0 radical (unpaired) electrons. The molecule has 3 unspecified atom stereocenters. The third-order valence-corrected chi connectivity index (χ3v) is 6.09. The Balaban J connectivity index is 1.78. The topological polar surface area (TPSA) is 70.0 Å². The molecule has 0 bridgehead atoms. The van der Waals surface area contributed by atoms with Crippen molar-refractivity contribution in [3.63, 3.8) is 0 Å². The zero-order chi connectivity index (χ0) is 15.6. The Hall–Kier alpha value is -1.20. The van der Waals surface area contributed by atoms with E-state index in [2.05, 4.69) is 36.2 Å². The molecule has 0 amide bonds. The third kappa shape index (κ3) is 6.28. The number of nitrogens with one attached hydrogen (secondary N) is 1. The lowest BCUT2D eigenvalue weighted by atomic mass is 10.2. The van der Waals surface area contributed by atoms with E-state index in [0.717, 1.165) is 18.8 Å². The van der Waals surface area contributed by atoms with Crippen molar-refractivity contribution >= 4 is 24.9 Å². The minimum absolute atomic E-state index is 0.115. The number of benzene rings is 2. The molecule has 0 fully saturated rings. The Morgan fingerprint density at radius 3 is 2.36 bits per heavy atom. The van der Waals surface area contributed by atoms with Crippen molar-refractivity contribution in [1.29, 1.82) is 0 Å². The van der Waals surface area contributed by atoms with E-state index in [-0.39, 0.29) is 8.42 Å². The lowest BCUT2D eigenvalue weighted by Crippen LogP contribution is -2.12. The predicted molar refractivity (Wildman–Crippen MR) is 98.1 cm³/mol. The lowest BCUT2D eigenvalue weighted by molar-refractivity contribution is 0.636. The van der Waals surface area contributed by atoms with Crippen LogP contribution in [0.25, 0.3) is 10.4 Å². The summed E-state index contributed by atoms with van der Waals surface area (Å²) >= 11 is 0. The van der Waals surface area contributed by atoms with Crippen LogP contribution in [-0.4, -0.2) is 0 Å². The van der Waals surface area contributed by atoms with Crippen LogP contribution in [0.5, 0.6) is 5.75 Å². The fourth-order valence-electron chi connectivity index (χ4n) is 1.81. The van der Waals surface area contributed by atoms with Crippen LogP contribution in [0, 0.1) is 0 Å². The minimum atomic E-state index is -0.805. The highest BCUT2D eigenvalue weighted by molar-refractivity contribution is 8.45. The van der Waals surface area contributed by atoms with Crippen LogP contribution in [-0.2, 0) is 13.1 Å². The highest BCUT2D eigenvalue weighted by Crippen LogP contribution is 2.63. The average molecular weight is 350 g/mol. The monoisotopic (exact) mass is 350 g/mol. The molecule has 2 aromatic rings. The first-order valence-corrected chi connectivity index (χ1v) is 11.3. The Morgan fingerprint density at radius 1 is 1.09 bits per heavy atom. The maximum atomic E-state index is 8.29. The number of rotatable bonds is 8. The van der Waals surface area contributed by atoms with Crippen molar-refractivity contribution in [3.8, 4) is 5.75 Å². The number of azide groups is 1. The summed E-state index contributed by atoms with van der Waals surface area (Å²) in [5.74, 6) is 0.800. The molecular weight excluding hydrogens is 333 g/mol. The average Bonchev–Trinajstić information content (AvgIpc) is 2.55. The molecular formula is C14H17N4OP3. The summed E-state index contributed by atoms with van der Waals surface area (Å²) < 4.78 is 5.70. The van der Waals surface area contributed by atoms with Crippen LogP contribution >= 0.6 is 24.9 Å². The van der Waals surface area contributed by atoms with Crippen LogP contribution in [0.3, 0.4) is 0 Å². The van der Waals surface area contributed by atoms with Crippen LogP contribution in [0.4, 0.5) is 0 Å². The van der Waals surface area contributed by atoms with E-state index in [0.29, 0.717) is 0 Å². The van der Waals surface area contributed by atoms with E-state index in [1.807, 2.05) is 42.5 Å². The molecule has 114 valence electrons. The molecule has 2 aromatic carbocycles. The fraction of sp³-hybridized carbons (Fsp3) is 0.143. The number of nitrogens with zero attached hydrogens (tertiary/aromatic N) is 3. The first-order valence-electron chi connectivity index (χ1n) is 6.64. The molecule has 0 aliphatic carbocycles. The van der Waals surface area contributed by atoms with Gasteiger partial charge in [-0.15, -0.1) is 0 Å². The van der Waals surface area contributed by atoms with E-state index in [9.17, 15) is 0 Å². The molecule has 0 heterocycles. The molecule has 22 heavy (non-hydrogen) atoms. The maximum Gasteiger partial charge on any atom is 0.130 e. The van der Waals surface area contributed by atoms with Gasteiger partial charge in [0.2, 0.25) is 0 Å². The zero-order valence-corrected chi connectivity index (χ0v) is 14.9. The van der Waals surface area contributed by atoms with Gasteiger partial charge in [-0.1, -0.05) is 56.3 Å². The van der Waals surface area contributed by atoms with E-state index in [1.54, 1.807) is 0 Å². The van der Waals surface area contributed by atoms with Crippen molar-refractivity contribution in [2.24, 2.45) is 4.88 Å². The van der Waals surface area contributed by atoms with Gasteiger partial charge in [-0.05, 0) is 28.8 Å². The van der Waals surface area contributed by atoms with Gasteiger partial charge in [0, 0.05) is 26.4 Å². The Bertz CT molecular complexity index is 618. The fourth-order valence-corrected chi connectivity index (χ4v) is 3.98.